The third-order valence-electron chi connectivity index (χ3n) is 3.39. The fraction of sp³-hybridized carbons (Fsp3) is 0.0526. The quantitative estimate of drug-likeness (QED) is 0.389. The summed E-state index contributed by atoms with van der Waals surface area (Å²) >= 11 is 0. The molecule has 0 heterocycles. The first-order chi connectivity index (χ1) is 10.7. The number of allylic oxidation sites excluding steroid dienone is 4. The number of phenolic OH excluding ortho intramolecular Hbond substituents is 1. The predicted molar refractivity (Wildman–Crippen MR) is 85.5 cm³/mol. The summed E-state index contributed by atoms with van der Waals surface area (Å²) in [5.41, 5.74) is 2.66. The van der Waals surface area contributed by atoms with Crippen molar-refractivity contribution < 1.29 is 34.1 Å². The number of esters is 1. The number of benzene rings is 2. The van der Waals surface area contributed by atoms with E-state index >= 15 is 0 Å². The van der Waals surface area contributed by atoms with E-state index < -0.39 is 5.97 Å². The molecule has 0 aromatic heterocycles. The molecule has 0 atom stereocenters. The number of aromatic hydroxyl groups is 1. The molecule has 0 spiro atoms. The Kier molecular flexibility index (Phi) is 5.78. The molecular weight excluding hydrogens is 342 g/mol. The van der Waals surface area contributed by atoms with Gasteiger partial charge in [0.25, 0.3) is 0 Å². The number of carbonyl (C=O) groups excluding carboxylic acids is 1. The van der Waals surface area contributed by atoms with Crippen LogP contribution in [-0.4, -0.2) is 11.1 Å². The molecule has 23 heavy (non-hydrogen) atoms. The summed E-state index contributed by atoms with van der Waals surface area (Å²) in [7, 11) is 0. The Morgan fingerprint density at radius 3 is 2.35 bits per heavy atom. The van der Waals surface area contributed by atoms with Gasteiger partial charge in [-0.1, -0.05) is 18.6 Å². The summed E-state index contributed by atoms with van der Waals surface area (Å²) in [4.78, 5) is 12.0. The van der Waals surface area contributed by atoms with Crippen molar-refractivity contribution >= 4 is 11.5 Å². The third kappa shape index (κ3) is 4.33. The van der Waals surface area contributed by atoms with Crippen molar-refractivity contribution in [1.82, 2.24) is 0 Å². The molecule has 1 aliphatic rings. The number of hydrogen-bond acceptors (Lipinski definition) is 3. The summed E-state index contributed by atoms with van der Waals surface area (Å²) in [6.45, 7) is 0. The van der Waals surface area contributed by atoms with Gasteiger partial charge in [0, 0.05) is 19.5 Å². The van der Waals surface area contributed by atoms with E-state index in [0.29, 0.717) is 11.3 Å². The minimum Gasteiger partial charge on any atom is -0.508 e. The Hall–Kier alpha value is -2.32. The van der Waals surface area contributed by atoms with Crippen LogP contribution in [0.4, 0.5) is 0 Å². The molecule has 0 radical (unpaired) electrons. The molecule has 1 aliphatic carbocycles. The molecule has 112 valence electrons. The smallest absolute Gasteiger partial charge is 0.343 e. The molecule has 0 bridgehead atoms. The van der Waals surface area contributed by atoms with Crippen molar-refractivity contribution in [3.8, 4) is 11.5 Å². The van der Waals surface area contributed by atoms with E-state index in [1.165, 1.54) is 29.8 Å². The van der Waals surface area contributed by atoms with Crippen LogP contribution in [0, 0.1) is 6.42 Å². The summed E-state index contributed by atoms with van der Waals surface area (Å²) in [6, 6.07) is 13.4. The van der Waals surface area contributed by atoms with Gasteiger partial charge in [0.15, 0.2) is 0 Å². The average Bonchev–Trinajstić information content (AvgIpc) is 2.57. The van der Waals surface area contributed by atoms with Gasteiger partial charge in [-0.2, -0.15) is 0 Å². The first-order valence-electron chi connectivity index (χ1n) is 7.04. The second-order valence-corrected chi connectivity index (χ2v) is 4.95. The average molecular weight is 357 g/mol. The molecule has 0 amide bonds. The monoisotopic (exact) mass is 355 g/mol. The summed E-state index contributed by atoms with van der Waals surface area (Å²) < 4.78 is 5.32. The molecular formula is C19H15O3Zn-. The minimum absolute atomic E-state index is 0. The van der Waals surface area contributed by atoms with Gasteiger partial charge in [-0.05, 0) is 42.0 Å². The molecule has 3 rings (SSSR count). The van der Waals surface area contributed by atoms with Crippen molar-refractivity contribution in [2.45, 2.75) is 6.42 Å². The van der Waals surface area contributed by atoms with E-state index in [1.807, 2.05) is 18.2 Å². The van der Waals surface area contributed by atoms with Crippen LogP contribution in [0.5, 0.6) is 11.5 Å². The number of hydrogen-bond donors (Lipinski definition) is 1. The Balaban J connectivity index is 0.00000192. The molecule has 2 aromatic carbocycles. The SMILES string of the molecule is O=C(Oc1ccc(C2=CC[CH-]C=C2)cc1)c1ccc(O)cc1.[Zn]. The van der Waals surface area contributed by atoms with Crippen LogP contribution in [0.15, 0.2) is 66.8 Å². The Bertz CT molecular complexity index is 728. The van der Waals surface area contributed by atoms with Crippen molar-refractivity contribution in [1.29, 1.82) is 0 Å². The van der Waals surface area contributed by atoms with Crippen LogP contribution in [-0.2, 0) is 19.5 Å². The van der Waals surface area contributed by atoms with E-state index in [0.717, 1.165) is 12.0 Å². The minimum atomic E-state index is -0.445. The molecule has 1 N–H and O–H groups in total. The van der Waals surface area contributed by atoms with Gasteiger partial charge >= 0.3 is 5.97 Å². The van der Waals surface area contributed by atoms with E-state index in [4.69, 9.17) is 4.74 Å². The van der Waals surface area contributed by atoms with Gasteiger partial charge in [-0.15, -0.1) is 11.6 Å². The van der Waals surface area contributed by atoms with Crippen LogP contribution in [0.2, 0.25) is 0 Å². The van der Waals surface area contributed by atoms with E-state index in [-0.39, 0.29) is 25.2 Å². The molecule has 0 unspecified atom stereocenters. The second kappa shape index (κ2) is 7.80. The van der Waals surface area contributed by atoms with Crippen molar-refractivity contribution in [2.75, 3.05) is 0 Å². The zero-order chi connectivity index (χ0) is 15.4. The van der Waals surface area contributed by atoms with Crippen LogP contribution < -0.4 is 4.74 Å². The fourth-order valence-electron chi connectivity index (χ4n) is 2.21. The summed E-state index contributed by atoms with van der Waals surface area (Å²) in [5, 5.41) is 9.22. The predicted octanol–water partition coefficient (Wildman–Crippen LogP) is 4.16. The Morgan fingerprint density at radius 2 is 1.74 bits per heavy atom. The number of rotatable bonds is 3. The normalized spacial score (nSPS) is 12.6. The van der Waals surface area contributed by atoms with Crippen LogP contribution in [0.25, 0.3) is 5.57 Å². The van der Waals surface area contributed by atoms with E-state index in [1.54, 1.807) is 12.1 Å². The van der Waals surface area contributed by atoms with Gasteiger partial charge in [-0.25, -0.2) is 23.4 Å². The molecule has 0 saturated heterocycles. The Morgan fingerprint density at radius 1 is 1.04 bits per heavy atom. The Labute approximate surface area is 148 Å². The zero-order valence-electron chi connectivity index (χ0n) is 12.6. The maximum Gasteiger partial charge on any atom is 0.343 e. The van der Waals surface area contributed by atoms with Gasteiger partial charge in [0.05, 0.1) is 5.56 Å². The number of phenols is 1. The third-order valence-corrected chi connectivity index (χ3v) is 3.39. The first-order valence-corrected chi connectivity index (χ1v) is 7.04. The first kappa shape index (κ1) is 17.0. The standard InChI is InChI=1S/C19H15O3.Zn/c20-17-10-6-16(7-11-17)19(21)22-18-12-8-15(9-13-18)14-4-2-1-3-5-14;/h1-2,4-13,20H,3H2;/q-1;. The van der Waals surface area contributed by atoms with Crippen LogP contribution >= 0.6 is 0 Å². The molecule has 0 aliphatic heterocycles. The molecule has 0 fully saturated rings. The second-order valence-electron chi connectivity index (χ2n) is 4.95. The maximum absolute atomic E-state index is 12.0. The zero-order valence-corrected chi connectivity index (χ0v) is 15.6. The topological polar surface area (TPSA) is 46.5 Å². The largest absolute Gasteiger partial charge is 0.508 e. The van der Waals surface area contributed by atoms with Crippen LogP contribution in [0.3, 0.4) is 0 Å². The molecule has 3 nitrogen and oxygen atoms in total. The van der Waals surface area contributed by atoms with Crippen LogP contribution in [0.1, 0.15) is 22.3 Å². The fourth-order valence-corrected chi connectivity index (χ4v) is 2.21. The van der Waals surface area contributed by atoms with Gasteiger partial charge in [-0.3, -0.25) is 0 Å². The van der Waals surface area contributed by atoms with Gasteiger partial charge in [0.1, 0.15) is 11.5 Å². The molecule has 0 saturated carbocycles. The number of carbonyl (C=O) groups is 1. The summed E-state index contributed by atoms with van der Waals surface area (Å²) in [6.07, 6.45) is 9.27. The van der Waals surface area contributed by atoms with Crippen molar-refractivity contribution in [3.63, 3.8) is 0 Å². The maximum atomic E-state index is 12.0. The molecule has 2 aromatic rings. The molecule has 4 heteroatoms. The number of ether oxygens (including phenoxy) is 1. The van der Waals surface area contributed by atoms with Crippen molar-refractivity contribution in [2.24, 2.45) is 0 Å². The van der Waals surface area contributed by atoms with Gasteiger partial charge in [0.2, 0.25) is 0 Å². The van der Waals surface area contributed by atoms with E-state index in [2.05, 4.69) is 18.6 Å². The summed E-state index contributed by atoms with van der Waals surface area (Å²) in [5.74, 6) is 0.167. The van der Waals surface area contributed by atoms with Gasteiger partial charge < -0.3 is 9.84 Å². The van der Waals surface area contributed by atoms with Crippen molar-refractivity contribution in [3.05, 3.63) is 84.3 Å². The van der Waals surface area contributed by atoms with E-state index in [9.17, 15) is 9.90 Å².